The van der Waals surface area contributed by atoms with Crippen LogP contribution in [0.25, 0.3) is 11.3 Å². The maximum atomic E-state index is 12.1. The molecule has 2 rings (SSSR count). The molecule has 0 atom stereocenters. The van der Waals surface area contributed by atoms with Gasteiger partial charge in [0.25, 0.3) is 5.91 Å². The molecule has 0 saturated carbocycles. The van der Waals surface area contributed by atoms with Crippen LogP contribution >= 0.6 is 0 Å². The summed E-state index contributed by atoms with van der Waals surface area (Å²) < 4.78 is 0. The number of aromatic amines is 1. The van der Waals surface area contributed by atoms with Crippen LogP contribution in [0.3, 0.4) is 0 Å². The van der Waals surface area contributed by atoms with E-state index in [1.54, 1.807) is 6.07 Å². The number of benzene rings is 1. The number of carboxylic acids is 1. The van der Waals surface area contributed by atoms with Gasteiger partial charge < -0.3 is 15.4 Å². The second-order valence-corrected chi connectivity index (χ2v) is 5.82. The van der Waals surface area contributed by atoms with Gasteiger partial charge in [-0.05, 0) is 30.5 Å². The molecular weight excluding hydrogens is 304 g/mol. The molecule has 24 heavy (non-hydrogen) atoms. The number of aliphatic carboxylic acids is 1. The zero-order valence-electron chi connectivity index (χ0n) is 13.8. The van der Waals surface area contributed by atoms with Crippen molar-refractivity contribution in [1.82, 2.24) is 10.3 Å². The minimum atomic E-state index is -0.733. The van der Waals surface area contributed by atoms with Crippen LogP contribution in [0.4, 0.5) is 0 Å². The maximum absolute atomic E-state index is 12.1. The third-order valence-corrected chi connectivity index (χ3v) is 3.87. The van der Waals surface area contributed by atoms with Crippen molar-refractivity contribution >= 4 is 11.9 Å². The molecule has 0 aliphatic rings. The van der Waals surface area contributed by atoms with Gasteiger partial charge in [-0.25, -0.2) is 0 Å². The number of hydrogen-bond donors (Lipinski definition) is 3. The van der Waals surface area contributed by atoms with Gasteiger partial charge >= 0.3 is 5.97 Å². The molecule has 0 aliphatic heterocycles. The Bertz CT molecular complexity index is 650. The van der Waals surface area contributed by atoms with Crippen molar-refractivity contribution in [2.24, 2.45) is 0 Å². The summed E-state index contributed by atoms with van der Waals surface area (Å²) in [5.41, 5.74) is 2.55. The number of rotatable bonds is 10. The predicted octanol–water partition coefficient (Wildman–Crippen LogP) is 3.84. The predicted molar refractivity (Wildman–Crippen MR) is 93.9 cm³/mol. The third kappa shape index (κ3) is 5.91. The molecule has 3 N–H and O–H groups in total. The van der Waals surface area contributed by atoms with Gasteiger partial charge in [-0.2, -0.15) is 0 Å². The molecule has 2 aromatic rings. The van der Waals surface area contributed by atoms with Crippen molar-refractivity contribution < 1.29 is 14.7 Å². The van der Waals surface area contributed by atoms with Gasteiger partial charge in [0.15, 0.2) is 0 Å². The summed E-state index contributed by atoms with van der Waals surface area (Å²) in [4.78, 5) is 25.6. The summed E-state index contributed by atoms with van der Waals surface area (Å²) >= 11 is 0. The fourth-order valence-corrected chi connectivity index (χ4v) is 2.54. The molecule has 0 saturated heterocycles. The molecule has 0 spiro atoms. The summed E-state index contributed by atoms with van der Waals surface area (Å²) in [5, 5.41) is 11.5. The lowest BCUT2D eigenvalue weighted by molar-refractivity contribution is -0.137. The quantitative estimate of drug-likeness (QED) is 0.580. The van der Waals surface area contributed by atoms with Gasteiger partial charge in [0.2, 0.25) is 0 Å². The van der Waals surface area contributed by atoms with E-state index in [4.69, 9.17) is 5.11 Å². The van der Waals surface area contributed by atoms with Gasteiger partial charge in [0.05, 0.1) is 0 Å². The number of aromatic nitrogens is 1. The highest BCUT2D eigenvalue weighted by atomic mass is 16.4. The molecule has 0 aliphatic carbocycles. The van der Waals surface area contributed by atoms with Crippen LogP contribution in [0.2, 0.25) is 0 Å². The number of carboxylic acid groups (broad SMARTS) is 1. The van der Waals surface area contributed by atoms with E-state index in [1.165, 1.54) is 0 Å². The van der Waals surface area contributed by atoms with Crippen LogP contribution in [-0.2, 0) is 4.79 Å². The summed E-state index contributed by atoms with van der Waals surface area (Å²) in [5.74, 6) is -0.828. The molecule has 5 heteroatoms. The first kappa shape index (κ1) is 17.8. The van der Waals surface area contributed by atoms with E-state index in [0.717, 1.165) is 43.4 Å². The lowest BCUT2D eigenvalue weighted by Gasteiger charge is -2.04. The van der Waals surface area contributed by atoms with Crippen molar-refractivity contribution in [2.75, 3.05) is 6.54 Å². The van der Waals surface area contributed by atoms with E-state index >= 15 is 0 Å². The summed E-state index contributed by atoms with van der Waals surface area (Å²) in [6.07, 6.45) is 4.81. The number of hydrogen-bond acceptors (Lipinski definition) is 2. The van der Waals surface area contributed by atoms with E-state index in [1.807, 2.05) is 36.4 Å². The molecule has 1 heterocycles. The monoisotopic (exact) mass is 328 g/mol. The Balaban J connectivity index is 1.65. The molecule has 0 unspecified atom stereocenters. The van der Waals surface area contributed by atoms with Gasteiger partial charge in [0, 0.05) is 18.7 Å². The second kappa shape index (κ2) is 9.55. The first-order valence-corrected chi connectivity index (χ1v) is 8.41. The van der Waals surface area contributed by atoms with E-state index in [-0.39, 0.29) is 12.3 Å². The van der Waals surface area contributed by atoms with Crippen LogP contribution in [0.1, 0.15) is 49.0 Å². The van der Waals surface area contributed by atoms with Crippen molar-refractivity contribution in [3.05, 3.63) is 48.2 Å². The lowest BCUT2D eigenvalue weighted by atomic mass is 10.1. The van der Waals surface area contributed by atoms with Crippen LogP contribution in [0.5, 0.6) is 0 Å². The van der Waals surface area contributed by atoms with Gasteiger partial charge in [-0.1, -0.05) is 49.6 Å². The number of carbonyl (C=O) groups excluding carboxylic acids is 1. The Morgan fingerprint density at radius 1 is 0.917 bits per heavy atom. The van der Waals surface area contributed by atoms with Crippen LogP contribution in [0, 0.1) is 0 Å². The van der Waals surface area contributed by atoms with E-state index < -0.39 is 5.97 Å². The molecule has 1 aromatic carbocycles. The highest BCUT2D eigenvalue weighted by Gasteiger charge is 2.08. The van der Waals surface area contributed by atoms with Crippen LogP contribution in [-0.4, -0.2) is 28.5 Å². The average molecular weight is 328 g/mol. The molecule has 1 amide bonds. The topological polar surface area (TPSA) is 82.2 Å². The summed E-state index contributed by atoms with van der Waals surface area (Å²) in [6, 6.07) is 13.6. The van der Waals surface area contributed by atoms with Crippen LogP contribution < -0.4 is 5.32 Å². The molecular formula is C19H24N2O3. The number of carbonyl (C=O) groups is 2. The zero-order valence-corrected chi connectivity index (χ0v) is 13.8. The summed E-state index contributed by atoms with van der Waals surface area (Å²) in [6.45, 7) is 0.636. The Morgan fingerprint density at radius 3 is 2.38 bits per heavy atom. The van der Waals surface area contributed by atoms with Gasteiger partial charge in [-0.15, -0.1) is 0 Å². The Morgan fingerprint density at radius 2 is 1.62 bits per heavy atom. The van der Waals surface area contributed by atoms with Crippen molar-refractivity contribution in [3.63, 3.8) is 0 Å². The van der Waals surface area contributed by atoms with Gasteiger partial charge in [-0.3, -0.25) is 9.59 Å². The number of nitrogens with one attached hydrogen (secondary N) is 2. The SMILES string of the molecule is O=C(O)CCCCCCCNC(=O)c1ccc(-c2ccccc2)[nH]1. The van der Waals surface area contributed by atoms with Gasteiger partial charge in [0.1, 0.15) is 5.69 Å². The zero-order chi connectivity index (χ0) is 17.2. The molecule has 0 bridgehead atoms. The largest absolute Gasteiger partial charge is 0.481 e. The fraction of sp³-hybridized carbons (Fsp3) is 0.368. The van der Waals surface area contributed by atoms with E-state index in [0.29, 0.717) is 12.2 Å². The smallest absolute Gasteiger partial charge is 0.303 e. The summed E-state index contributed by atoms with van der Waals surface area (Å²) in [7, 11) is 0. The molecule has 5 nitrogen and oxygen atoms in total. The lowest BCUT2D eigenvalue weighted by Crippen LogP contribution is -2.24. The normalized spacial score (nSPS) is 10.5. The number of unbranched alkanes of at least 4 members (excludes halogenated alkanes) is 4. The first-order chi connectivity index (χ1) is 11.7. The average Bonchev–Trinajstić information content (AvgIpc) is 3.08. The molecule has 0 fully saturated rings. The highest BCUT2D eigenvalue weighted by molar-refractivity contribution is 5.93. The Kier molecular flexibility index (Phi) is 7.08. The van der Waals surface area contributed by atoms with Crippen LogP contribution in [0.15, 0.2) is 42.5 Å². The maximum Gasteiger partial charge on any atom is 0.303 e. The standard InChI is InChI=1S/C19H24N2O3/c22-18(23)11-7-2-1-3-8-14-20-19(24)17-13-12-16(21-17)15-9-5-4-6-10-15/h4-6,9-10,12-13,21H,1-3,7-8,11,14H2,(H,20,24)(H,22,23). The van der Waals surface area contributed by atoms with E-state index in [2.05, 4.69) is 10.3 Å². The number of amides is 1. The van der Waals surface area contributed by atoms with E-state index in [9.17, 15) is 9.59 Å². The first-order valence-electron chi connectivity index (χ1n) is 8.41. The molecule has 1 aromatic heterocycles. The third-order valence-electron chi connectivity index (χ3n) is 3.87. The Hall–Kier alpha value is -2.56. The van der Waals surface area contributed by atoms with Crippen molar-refractivity contribution in [3.8, 4) is 11.3 Å². The fourth-order valence-electron chi connectivity index (χ4n) is 2.54. The second-order valence-electron chi connectivity index (χ2n) is 5.82. The van der Waals surface area contributed by atoms with Crippen molar-refractivity contribution in [1.29, 1.82) is 0 Å². The van der Waals surface area contributed by atoms with Crippen molar-refractivity contribution in [2.45, 2.75) is 38.5 Å². The molecule has 128 valence electrons. The minimum Gasteiger partial charge on any atom is -0.481 e. The highest BCUT2D eigenvalue weighted by Crippen LogP contribution is 2.17. The molecule has 0 radical (unpaired) electrons. The number of H-pyrrole nitrogens is 1. The Labute approximate surface area is 142 Å². The minimum absolute atomic E-state index is 0.0944.